The summed E-state index contributed by atoms with van der Waals surface area (Å²) >= 11 is 0. The Bertz CT molecular complexity index is 1290. The highest BCUT2D eigenvalue weighted by atomic mass is 16.6. The summed E-state index contributed by atoms with van der Waals surface area (Å²) < 4.78 is 7.86. The number of nitrogens with zero attached hydrogens (tertiary/aromatic N) is 3. The molecule has 0 bridgehead atoms. The van der Waals surface area contributed by atoms with E-state index >= 15 is 0 Å². The summed E-state index contributed by atoms with van der Waals surface area (Å²) in [5.74, 6) is 6.62. The molecule has 8 nitrogen and oxygen atoms in total. The average Bonchev–Trinajstić information content (AvgIpc) is 3.28. The zero-order valence-electron chi connectivity index (χ0n) is 22.5. The molecule has 3 heterocycles. The van der Waals surface area contributed by atoms with E-state index in [4.69, 9.17) is 4.74 Å². The van der Waals surface area contributed by atoms with Crippen LogP contribution in [0.4, 0.5) is 9.59 Å². The molecule has 8 heteroatoms. The number of rotatable bonds is 6. The minimum Gasteiger partial charge on any atom is -0.444 e. The number of benzene rings is 1. The van der Waals surface area contributed by atoms with Gasteiger partial charge in [-0.25, -0.2) is 9.59 Å². The number of aromatic nitrogens is 2. The Labute approximate surface area is 224 Å². The van der Waals surface area contributed by atoms with E-state index in [1.165, 1.54) is 5.52 Å². The predicted molar refractivity (Wildman–Crippen MR) is 149 cm³/mol. The van der Waals surface area contributed by atoms with Crippen molar-refractivity contribution in [2.45, 2.75) is 64.6 Å². The number of unbranched alkanes of at least 4 members (excludes halogenated alkanes) is 1. The maximum Gasteiger partial charge on any atom is 0.410 e. The molecule has 2 N–H and O–H groups in total. The van der Waals surface area contributed by atoms with Crippen LogP contribution >= 0.6 is 0 Å². The summed E-state index contributed by atoms with van der Waals surface area (Å²) in [6, 6.07) is 12.2. The number of pyridine rings is 1. The van der Waals surface area contributed by atoms with Crippen LogP contribution < -0.4 is 10.6 Å². The molecule has 1 saturated heterocycles. The number of hydrogen-bond acceptors (Lipinski definition) is 4. The molecule has 1 aliphatic heterocycles. The fourth-order valence-corrected chi connectivity index (χ4v) is 4.54. The lowest BCUT2D eigenvalue weighted by Gasteiger charge is -2.34. The molecule has 4 rings (SSSR count). The first-order chi connectivity index (χ1) is 18.3. The fourth-order valence-electron chi connectivity index (χ4n) is 4.54. The zero-order chi connectivity index (χ0) is 27.0. The topological polar surface area (TPSA) is 88.5 Å². The summed E-state index contributed by atoms with van der Waals surface area (Å²) in [5.41, 5.74) is 2.65. The Morgan fingerprint density at radius 1 is 1.11 bits per heavy atom. The third kappa shape index (κ3) is 7.51. The fraction of sp³-hybridized carbons (Fsp3) is 0.433. The van der Waals surface area contributed by atoms with Crippen molar-refractivity contribution in [2.75, 3.05) is 19.6 Å². The van der Waals surface area contributed by atoms with Gasteiger partial charge in [-0.2, -0.15) is 0 Å². The number of ether oxygens (including phenoxy) is 1. The van der Waals surface area contributed by atoms with Crippen LogP contribution in [0.1, 0.15) is 63.6 Å². The van der Waals surface area contributed by atoms with E-state index in [0.717, 1.165) is 35.8 Å². The van der Waals surface area contributed by atoms with Crippen molar-refractivity contribution >= 4 is 23.0 Å². The van der Waals surface area contributed by atoms with Crippen molar-refractivity contribution in [2.24, 2.45) is 0 Å². The van der Waals surface area contributed by atoms with Crippen molar-refractivity contribution in [1.29, 1.82) is 0 Å². The summed E-state index contributed by atoms with van der Waals surface area (Å²) in [6.45, 7) is 8.04. The van der Waals surface area contributed by atoms with Gasteiger partial charge >= 0.3 is 12.1 Å². The summed E-state index contributed by atoms with van der Waals surface area (Å²) in [4.78, 5) is 30.3. The maximum atomic E-state index is 12.4. The molecule has 0 aliphatic carbocycles. The van der Waals surface area contributed by atoms with Gasteiger partial charge in [0.2, 0.25) is 0 Å². The first-order valence-corrected chi connectivity index (χ1v) is 13.3. The van der Waals surface area contributed by atoms with Crippen LogP contribution in [0.25, 0.3) is 10.9 Å². The van der Waals surface area contributed by atoms with E-state index in [1.807, 2.05) is 39.0 Å². The maximum absolute atomic E-state index is 12.4. The molecule has 200 valence electrons. The molecule has 1 aromatic carbocycles. The molecule has 0 atom stereocenters. The number of fused-ring (bicyclic) bond motifs is 1. The summed E-state index contributed by atoms with van der Waals surface area (Å²) in [6.07, 6.45) is 8.57. The molecule has 2 aromatic heterocycles. The minimum absolute atomic E-state index is 0.192. The van der Waals surface area contributed by atoms with Crippen molar-refractivity contribution in [3.63, 3.8) is 0 Å². The highest BCUT2D eigenvalue weighted by Crippen LogP contribution is 2.30. The molecule has 0 spiro atoms. The summed E-state index contributed by atoms with van der Waals surface area (Å²) in [7, 11) is 0. The number of nitrogens with one attached hydrogen (secondary N) is 2. The molecular formula is C30H37N5O3. The second kappa shape index (κ2) is 12.5. The van der Waals surface area contributed by atoms with Crippen LogP contribution in [0.2, 0.25) is 0 Å². The SMILES string of the molecule is CC(C)(C)OC(=O)N1CCC(n2cc(C#CCCCNC(=O)NCc3cccnc3)c3ccccc32)CC1. The number of para-hydroxylation sites is 1. The van der Waals surface area contributed by atoms with Gasteiger partial charge in [-0.05, 0) is 57.7 Å². The largest absolute Gasteiger partial charge is 0.444 e. The third-order valence-corrected chi connectivity index (χ3v) is 6.41. The van der Waals surface area contributed by atoms with Gasteiger partial charge in [0.1, 0.15) is 5.60 Å². The van der Waals surface area contributed by atoms with Gasteiger partial charge in [-0.15, -0.1) is 0 Å². The van der Waals surface area contributed by atoms with Crippen LogP contribution in [0.3, 0.4) is 0 Å². The third-order valence-electron chi connectivity index (χ3n) is 6.41. The number of piperidine rings is 1. The Morgan fingerprint density at radius 2 is 1.89 bits per heavy atom. The lowest BCUT2D eigenvalue weighted by molar-refractivity contribution is 0.0189. The number of carbonyl (C=O) groups excluding carboxylic acids is 2. The van der Waals surface area contributed by atoms with Crippen molar-refractivity contribution < 1.29 is 14.3 Å². The molecule has 0 saturated carbocycles. The number of carbonyl (C=O) groups is 2. The number of amides is 3. The van der Waals surface area contributed by atoms with Crippen molar-refractivity contribution in [3.05, 3.63) is 66.1 Å². The molecule has 1 fully saturated rings. The smallest absolute Gasteiger partial charge is 0.410 e. The van der Waals surface area contributed by atoms with Crippen LogP contribution in [-0.2, 0) is 11.3 Å². The van der Waals surface area contributed by atoms with Crippen LogP contribution in [0.15, 0.2) is 55.0 Å². The van der Waals surface area contributed by atoms with E-state index in [1.54, 1.807) is 17.3 Å². The lowest BCUT2D eigenvalue weighted by Crippen LogP contribution is -2.42. The zero-order valence-corrected chi connectivity index (χ0v) is 22.5. The highest BCUT2D eigenvalue weighted by Gasteiger charge is 2.28. The lowest BCUT2D eigenvalue weighted by atomic mass is 10.0. The molecule has 38 heavy (non-hydrogen) atoms. The van der Waals surface area contributed by atoms with Gasteiger partial charge in [0.05, 0.1) is 5.56 Å². The van der Waals surface area contributed by atoms with Crippen molar-refractivity contribution in [3.8, 4) is 11.8 Å². The number of hydrogen-bond donors (Lipinski definition) is 2. The Balaban J connectivity index is 1.28. The predicted octanol–water partition coefficient (Wildman–Crippen LogP) is 5.24. The minimum atomic E-state index is -0.485. The normalized spacial score (nSPS) is 14.0. The van der Waals surface area contributed by atoms with E-state index < -0.39 is 5.60 Å². The van der Waals surface area contributed by atoms with Gasteiger partial charge in [0.15, 0.2) is 0 Å². The first kappa shape index (κ1) is 27.1. The van der Waals surface area contributed by atoms with E-state index in [0.29, 0.717) is 38.6 Å². The standard InChI is InChI=1S/C30H37N5O3/c1-30(2,3)38-29(37)34-18-14-25(15-19-34)35-22-24(26-12-6-7-13-27(26)35)11-5-4-8-17-32-28(36)33-21-23-10-9-16-31-20-23/h6-7,9-10,12-13,16,20,22,25H,4,8,14-15,17-19,21H2,1-3H3,(H2,32,33,36). The van der Waals surface area contributed by atoms with Crippen molar-refractivity contribution in [1.82, 2.24) is 25.1 Å². The molecule has 0 radical (unpaired) electrons. The van der Waals surface area contributed by atoms with E-state index in [-0.39, 0.29) is 12.1 Å². The molecule has 0 unspecified atom stereocenters. The van der Waals surface area contributed by atoms with Crippen LogP contribution in [-0.4, -0.2) is 51.8 Å². The number of likely N-dealkylation sites (tertiary alicyclic amines) is 1. The van der Waals surface area contributed by atoms with Crippen LogP contribution in [0.5, 0.6) is 0 Å². The first-order valence-electron chi connectivity index (χ1n) is 13.3. The monoisotopic (exact) mass is 515 g/mol. The van der Waals surface area contributed by atoms with Gasteiger partial charge < -0.3 is 24.8 Å². The molecular weight excluding hydrogens is 478 g/mol. The Hall–Kier alpha value is -3.99. The number of urea groups is 1. The molecule has 3 aromatic rings. The molecule has 3 amide bonds. The van der Waals surface area contributed by atoms with Gasteiger partial charge in [-0.3, -0.25) is 4.98 Å². The second-order valence-electron chi connectivity index (χ2n) is 10.5. The van der Waals surface area contributed by atoms with Gasteiger partial charge in [0, 0.05) is 68.1 Å². The second-order valence-corrected chi connectivity index (χ2v) is 10.5. The Kier molecular flexibility index (Phi) is 8.90. The van der Waals surface area contributed by atoms with Crippen LogP contribution in [0, 0.1) is 11.8 Å². The highest BCUT2D eigenvalue weighted by molar-refractivity contribution is 5.87. The van der Waals surface area contributed by atoms with E-state index in [2.05, 4.69) is 56.4 Å². The van der Waals surface area contributed by atoms with Gasteiger partial charge in [-0.1, -0.05) is 36.1 Å². The summed E-state index contributed by atoms with van der Waals surface area (Å²) in [5, 5.41) is 6.84. The average molecular weight is 516 g/mol. The molecule has 1 aliphatic rings. The van der Waals surface area contributed by atoms with E-state index in [9.17, 15) is 9.59 Å². The quantitative estimate of drug-likeness (QED) is 0.347. The van der Waals surface area contributed by atoms with Gasteiger partial charge in [0.25, 0.3) is 0 Å². The Morgan fingerprint density at radius 3 is 2.63 bits per heavy atom.